The van der Waals surface area contributed by atoms with E-state index in [1.807, 2.05) is 39.0 Å². The molecule has 1 aliphatic carbocycles. The molecule has 1 aliphatic rings. The molecule has 2 aromatic carbocycles. The Labute approximate surface area is 233 Å². The van der Waals surface area contributed by atoms with Crippen LogP contribution in [0.25, 0.3) is 22.0 Å². The van der Waals surface area contributed by atoms with Crippen molar-refractivity contribution in [3.8, 4) is 16.9 Å². The number of anilines is 1. The van der Waals surface area contributed by atoms with Crippen molar-refractivity contribution in [3.63, 3.8) is 0 Å². The predicted molar refractivity (Wildman–Crippen MR) is 153 cm³/mol. The van der Waals surface area contributed by atoms with Gasteiger partial charge in [-0.2, -0.15) is 0 Å². The minimum absolute atomic E-state index is 0.0821. The molecule has 0 saturated heterocycles. The molecule has 7 nitrogen and oxygen atoms in total. The molecule has 0 atom stereocenters. The first-order chi connectivity index (χ1) is 17.8. The average Bonchev–Trinajstić information content (AvgIpc) is 2.85. The number of phenolic OH excluding ortho intramolecular Hbond substituents is 1. The van der Waals surface area contributed by atoms with Crippen LogP contribution in [-0.2, 0) is 4.74 Å². The zero-order chi connectivity index (χ0) is 27.8. The van der Waals surface area contributed by atoms with E-state index in [0.29, 0.717) is 5.56 Å². The number of benzene rings is 2. The number of ketones is 1. The number of hydrogen-bond donors (Lipinski definition) is 2. The van der Waals surface area contributed by atoms with Gasteiger partial charge in [-0.25, -0.2) is 4.79 Å². The van der Waals surface area contributed by atoms with Gasteiger partial charge in [0.15, 0.2) is 11.5 Å². The minimum Gasteiger partial charge on any atom is -0.505 e. The van der Waals surface area contributed by atoms with Crippen LogP contribution in [-0.4, -0.2) is 51.6 Å². The highest BCUT2D eigenvalue weighted by Gasteiger charge is 2.30. The molecular weight excluding hydrogens is 525 g/mol. The Morgan fingerprint density at radius 3 is 2.26 bits per heavy atom. The molecule has 0 radical (unpaired) electrons. The van der Waals surface area contributed by atoms with Gasteiger partial charge in [-0.1, -0.05) is 29.3 Å². The second-order valence-corrected chi connectivity index (χ2v) is 11.7. The number of ether oxygens (including phenoxy) is 1. The molecule has 9 heteroatoms. The topological polar surface area (TPSA) is 91.8 Å². The van der Waals surface area contributed by atoms with Crippen LogP contribution in [0.1, 0.15) is 63.7 Å². The van der Waals surface area contributed by atoms with Gasteiger partial charge in [0.1, 0.15) is 5.60 Å². The maximum absolute atomic E-state index is 12.6. The Morgan fingerprint density at radius 2 is 1.68 bits per heavy atom. The second-order valence-electron chi connectivity index (χ2n) is 10.9. The van der Waals surface area contributed by atoms with E-state index < -0.39 is 5.60 Å². The lowest BCUT2D eigenvalue weighted by Gasteiger charge is -2.36. The Kier molecular flexibility index (Phi) is 8.09. The molecule has 1 aromatic heterocycles. The minimum atomic E-state index is -0.536. The van der Waals surface area contributed by atoms with E-state index in [-0.39, 0.29) is 39.8 Å². The Balaban J connectivity index is 1.60. The summed E-state index contributed by atoms with van der Waals surface area (Å²) in [5, 5.41) is 14.7. The maximum Gasteiger partial charge on any atom is 0.410 e. The summed E-state index contributed by atoms with van der Waals surface area (Å²) in [5.74, 6) is -0.241. The molecule has 2 N–H and O–H groups in total. The fraction of sp³-hybridized carbons (Fsp3) is 0.414. The molecule has 38 heavy (non-hydrogen) atoms. The second kappa shape index (κ2) is 11.0. The van der Waals surface area contributed by atoms with E-state index in [4.69, 9.17) is 27.9 Å². The summed E-state index contributed by atoms with van der Waals surface area (Å²) in [6.45, 7) is 7.12. The van der Waals surface area contributed by atoms with Crippen LogP contribution in [0.4, 0.5) is 10.5 Å². The molecule has 0 spiro atoms. The number of pyridine rings is 1. The van der Waals surface area contributed by atoms with Gasteiger partial charge in [0, 0.05) is 30.7 Å². The molecule has 0 bridgehead atoms. The van der Waals surface area contributed by atoms with Crippen molar-refractivity contribution in [2.24, 2.45) is 0 Å². The molecule has 0 aliphatic heterocycles. The third kappa shape index (κ3) is 6.16. The van der Waals surface area contributed by atoms with Crippen LogP contribution in [0.3, 0.4) is 0 Å². The number of nitrogens with zero attached hydrogens (tertiary/aromatic N) is 2. The SMILES string of the molecule is CC(=O)c1cnc2ccc(-c3cc(Cl)c(O)c(Cl)c3)cc2c1NC1CCC(N(C)C(=O)OC(C)(C)C)CC1. The standard InChI is InChI=1S/C29H33Cl2N3O4/c1-16(35)22-15-32-25-11-6-17(18-13-23(30)27(36)24(31)14-18)12-21(25)26(22)33-19-7-9-20(10-8-19)34(5)28(37)38-29(2,3)4/h6,11-15,19-20,36H,7-10H2,1-5H3,(H,32,33). The largest absolute Gasteiger partial charge is 0.505 e. The van der Waals surface area contributed by atoms with Crippen molar-refractivity contribution in [1.82, 2.24) is 9.88 Å². The molecule has 202 valence electrons. The van der Waals surface area contributed by atoms with Gasteiger partial charge in [-0.15, -0.1) is 0 Å². The fourth-order valence-corrected chi connectivity index (χ4v) is 5.31. The number of carbonyl (C=O) groups excluding carboxylic acids is 2. The number of phenols is 1. The lowest BCUT2D eigenvalue weighted by atomic mass is 9.89. The highest BCUT2D eigenvalue weighted by atomic mass is 35.5. The van der Waals surface area contributed by atoms with E-state index in [1.165, 1.54) is 6.92 Å². The number of hydrogen-bond acceptors (Lipinski definition) is 6. The normalized spacial score (nSPS) is 17.8. The van der Waals surface area contributed by atoms with Crippen LogP contribution in [0.5, 0.6) is 5.75 Å². The average molecular weight is 559 g/mol. The molecular formula is C29H33Cl2N3O4. The van der Waals surface area contributed by atoms with E-state index in [1.54, 1.807) is 30.3 Å². The summed E-state index contributed by atoms with van der Waals surface area (Å²) in [6, 6.07) is 9.29. The zero-order valence-corrected chi connectivity index (χ0v) is 23.8. The van der Waals surface area contributed by atoms with E-state index in [0.717, 1.165) is 53.4 Å². The lowest BCUT2D eigenvalue weighted by molar-refractivity contribution is 0.0185. The molecule has 1 fully saturated rings. The number of halogens is 2. The first kappa shape index (κ1) is 28.0. The van der Waals surface area contributed by atoms with Crippen molar-refractivity contribution in [2.45, 2.75) is 71.1 Å². The van der Waals surface area contributed by atoms with Gasteiger partial charge in [0.25, 0.3) is 0 Å². The summed E-state index contributed by atoms with van der Waals surface area (Å²) in [5.41, 5.74) is 3.04. The number of aromatic nitrogens is 1. The number of Topliss-reactive ketones (excluding diaryl/α,β-unsaturated/α-hetero) is 1. The monoisotopic (exact) mass is 557 g/mol. The van der Waals surface area contributed by atoms with Crippen LogP contribution < -0.4 is 5.32 Å². The quantitative estimate of drug-likeness (QED) is 0.312. The Hall–Kier alpha value is -3.03. The number of nitrogens with one attached hydrogen (secondary N) is 1. The van der Waals surface area contributed by atoms with Crippen molar-refractivity contribution >= 4 is 51.7 Å². The Morgan fingerprint density at radius 1 is 1.05 bits per heavy atom. The summed E-state index contributed by atoms with van der Waals surface area (Å²) >= 11 is 12.3. The van der Waals surface area contributed by atoms with E-state index >= 15 is 0 Å². The molecule has 0 unspecified atom stereocenters. The van der Waals surface area contributed by atoms with Crippen molar-refractivity contribution in [3.05, 3.63) is 52.1 Å². The zero-order valence-electron chi connectivity index (χ0n) is 22.3. The maximum atomic E-state index is 12.6. The highest BCUT2D eigenvalue weighted by molar-refractivity contribution is 6.37. The number of rotatable bonds is 5. The highest BCUT2D eigenvalue weighted by Crippen LogP contribution is 2.38. The molecule has 4 rings (SSSR count). The molecule has 1 amide bonds. The van der Waals surface area contributed by atoms with Gasteiger partial charge in [0.05, 0.1) is 26.8 Å². The van der Waals surface area contributed by atoms with Gasteiger partial charge in [0.2, 0.25) is 0 Å². The van der Waals surface area contributed by atoms with Crippen molar-refractivity contribution in [1.29, 1.82) is 0 Å². The lowest BCUT2D eigenvalue weighted by Crippen LogP contribution is -2.43. The van der Waals surface area contributed by atoms with Gasteiger partial charge < -0.3 is 20.1 Å². The molecule has 1 saturated carbocycles. The van der Waals surface area contributed by atoms with Gasteiger partial charge in [-0.3, -0.25) is 9.78 Å². The van der Waals surface area contributed by atoms with E-state index in [9.17, 15) is 14.7 Å². The van der Waals surface area contributed by atoms with Crippen LogP contribution in [0, 0.1) is 0 Å². The summed E-state index contributed by atoms with van der Waals surface area (Å²) in [7, 11) is 1.79. The first-order valence-electron chi connectivity index (χ1n) is 12.7. The smallest absolute Gasteiger partial charge is 0.410 e. The summed E-state index contributed by atoms with van der Waals surface area (Å²) < 4.78 is 5.53. The number of carbonyl (C=O) groups is 2. The number of amides is 1. The van der Waals surface area contributed by atoms with Gasteiger partial charge >= 0.3 is 6.09 Å². The summed E-state index contributed by atoms with van der Waals surface area (Å²) in [6.07, 6.45) is 4.62. The number of fused-ring (bicyclic) bond motifs is 1. The number of aromatic hydroxyl groups is 1. The summed E-state index contributed by atoms with van der Waals surface area (Å²) in [4.78, 5) is 31.3. The first-order valence-corrected chi connectivity index (χ1v) is 13.4. The van der Waals surface area contributed by atoms with Crippen LogP contribution >= 0.6 is 23.2 Å². The molecule has 3 aromatic rings. The van der Waals surface area contributed by atoms with Crippen molar-refractivity contribution < 1.29 is 19.4 Å². The Bertz CT molecular complexity index is 1360. The third-order valence-electron chi connectivity index (χ3n) is 6.87. The van der Waals surface area contributed by atoms with E-state index in [2.05, 4.69) is 10.3 Å². The van der Waals surface area contributed by atoms with Crippen molar-refractivity contribution in [2.75, 3.05) is 12.4 Å². The van der Waals surface area contributed by atoms with Gasteiger partial charge in [-0.05, 0) is 88.8 Å². The predicted octanol–water partition coefficient (Wildman–Crippen LogP) is 7.71. The third-order valence-corrected chi connectivity index (χ3v) is 7.45. The fourth-order valence-electron chi connectivity index (χ4n) is 4.82. The molecule has 1 heterocycles. The van der Waals surface area contributed by atoms with Crippen LogP contribution in [0.15, 0.2) is 36.5 Å². The van der Waals surface area contributed by atoms with Crippen LogP contribution in [0.2, 0.25) is 10.0 Å².